The van der Waals surface area contributed by atoms with E-state index in [0.717, 1.165) is 30.6 Å². The van der Waals surface area contributed by atoms with Crippen LogP contribution in [0.25, 0.3) is 0 Å². The molecule has 1 aromatic carbocycles. The zero-order valence-corrected chi connectivity index (χ0v) is 14.4. The summed E-state index contributed by atoms with van der Waals surface area (Å²) in [6, 6.07) is 15.9. The highest BCUT2D eigenvalue weighted by Crippen LogP contribution is 2.29. The van der Waals surface area contributed by atoms with Crippen molar-refractivity contribution < 1.29 is 0 Å². The number of benzene rings is 1. The van der Waals surface area contributed by atoms with Crippen molar-refractivity contribution in [2.24, 2.45) is 0 Å². The summed E-state index contributed by atoms with van der Waals surface area (Å²) < 4.78 is 0. The van der Waals surface area contributed by atoms with Crippen molar-refractivity contribution >= 4 is 17.2 Å². The molecule has 0 saturated carbocycles. The molecule has 2 fully saturated rings. The number of hydrogen-bond donors (Lipinski definition) is 1. The smallest absolute Gasteiger partial charge is 0.130 e. The number of nitrogens with one attached hydrogen (secondary N) is 1. The van der Waals surface area contributed by atoms with Gasteiger partial charge in [-0.25, -0.2) is 4.98 Å². The first-order valence-corrected chi connectivity index (χ1v) is 9.04. The van der Waals surface area contributed by atoms with Crippen LogP contribution in [0.15, 0.2) is 48.7 Å². The van der Waals surface area contributed by atoms with Crippen LogP contribution in [-0.2, 0) is 0 Å². The lowest BCUT2D eigenvalue weighted by Gasteiger charge is -2.37. The Bertz CT molecular complexity index is 655. The number of fused-ring (bicyclic) bond motifs is 2. The minimum Gasteiger partial charge on any atom is -0.369 e. The van der Waals surface area contributed by atoms with Gasteiger partial charge in [-0.1, -0.05) is 24.6 Å². The summed E-state index contributed by atoms with van der Waals surface area (Å²) in [5.41, 5.74) is 2.32. The van der Waals surface area contributed by atoms with Crippen molar-refractivity contribution in [3.05, 3.63) is 48.7 Å². The number of nitrogens with zero attached hydrogens (tertiary/aromatic N) is 3. The molecule has 3 heterocycles. The fourth-order valence-electron chi connectivity index (χ4n) is 4.06. The molecule has 2 bridgehead atoms. The van der Waals surface area contributed by atoms with E-state index in [9.17, 15) is 0 Å². The Balaban J connectivity index is 1.46. The summed E-state index contributed by atoms with van der Waals surface area (Å²) in [5.74, 6) is 0.899. The monoisotopic (exact) mass is 322 g/mol. The highest BCUT2D eigenvalue weighted by molar-refractivity contribution is 5.58. The largest absolute Gasteiger partial charge is 0.369 e. The van der Waals surface area contributed by atoms with Crippen molar-refractivity contribution in [3.8, 4) is 0 Å². The summed E-state index contributed by atoms with van der Waals surface area (Å²) >= 11 is 0. The molecule has 4 rings (SSSR count). The topological polar surface area (TPSA) is 31.4 Å². The van der Waals surface area contributed by atoms with Gasteiger partial charge in [0, 0.05) is 30.9 Å². The summed E-state index contributed by atoms with van der Waals surface area (Å²) in [5, 5.41) is 3.35. The van der Waals surface area contributed by atoms with Gasteiger partial charge in [0.05, 0.1) is 11.9 Å². The molecule has 24 heavy (non-hydrogen) atoms. The molecule has 126 valence electrons. The summed E-state index contributed by atoms with van der Waals surface area (Å²) in [7, 11) is 2.31. The van der Waals surface area contributed by atoms with Crippen LogP contribution in [0.5, 0.6) is 0 Å². The fourth-order valence-corrected chi connectivity index (χ4v) is 4.06. The van der Waals surface area contributed by atoms with E-state index in [2.05, 4.69) is 51.4 Å². The van der Waals surface area contributed by atoms with Gasteiger partial charge in [-0.2, -0.15) is 0 Å². The first-order valence-electron chi connectivity index (χ1n) is 9.04. The van der Waals surface area contributed by atoms with E-state index < -0.39 is 0 Å². The predicted molar refractivity (Wildman–Crippen MR) is 100.0 cm³/mol. The van der Waals surface area contributed by atoms with Gasteiger partial charge < -0.3 is 10.2 Å². The molecule has 2 aliphatic rings. The molecule has 0 aliphatic carbocycles. The summed E-state index contributed by atoms with van der Waals surface area (Å²) in [6.45, 7) is 2.26. The third kappa shape index (κ3) is 3.24. The molecule has 0 radical (unpaired) electrons. The maximum absolute atomic E-state index is 4.62. The molecule has 2 unspecified atom stereocenters. The van der Waals surface area contributed by atoms with E-state index >= 15 is 0 Å². The van der Waals surface area contributed by atoms with Gasteiger partial charge in [0.15, 0.2) is 0 Å². The highest BCUT2D eigenvalue weighted by atomic mass is 15.3. The predicted octanol–water partition coefficient (Wildman–Crippen LogP) is 3.89. The number of likely N-dealkylation sites (N-methyl/N-ethyl adjacent to an activating group) is 1. The highest BCUT2D eigenvalue weighted by Gasteiger charge is 2.32. The van der Waals surface area contributed by atoms with Crippen molar-refractivity contribution in [2.75, 3.05) is 30.4 Å². The van der Waals surface area contributed by atoms with Gasteiger partial charge in [0.25, 0.3) is 0 Å². The van der Waals surface area contributed by atoms with Crippen molar-refractivity contribution in [1.29, 1.82) is 0 Å². The number of pyridine rings is 1. The Hall–Kier alpha value is -2.07. The zero-order chi connectivity index (χ0) is 16.4. The van der Waals surface area contributed by atoms with Crippen LogP contribution in [0.4, 0.5) is 17.2 Å². The summed E-state index contributed by atoms with van der Waals surface area (Å²) in [6.07, 6.45) is 7.34. The standard InChI is InChI=1S/C20H26N4/c1-23-17-8-5-9-19(23)15-24(13-12-17)18-10-11-20(21-14-18)22-16-6-3-2-4-7-16/h2-4,6-7,10-11,14,17,19H,5,8-9,12-13,15H2,1H3,(H,21,22). The van der Waals surface area contributed by atoms with Crippen LogP contribution in [0.1, 0.15) is 25.7 Å². The van der Waals surface area contributed by atoms with Crippen molar-refractivity contribution in [2.45, 2.75) is 37.8 Å². The van der Waals surface area contributed by atoms with Crippen LogP contribution in [-0.4, -0.2) is 42.1 Å². The molecule has 2 atom stereocenters. The molecule has 1 aromatic heterocycles. The van der Waals surface area contributed by atoms with E-state index in [1.807, 2.05) is 24.4 Å². The Morgan fingerprint density at radius 1 is 1.00 bits per heavy atom. The number of piperidine rings is 1. The first-order chi connectivity index (χ1) is 11.8. The Kier molecular flexibility index (Phi) is 4.39. The number of rotatable bonds is 3. The van der Waals surface area contributed by atoms with E-state index in [1.165, 1.54) is 31.4 Å². The van der Waals surface area contributed by atoms with Gasteiger partial charge in [-0.05, 0) is 50.6 Å². The van der Waals surface area contributed by atoms with E-state index in [0.29, 0.717) is 6.04 Å². The Morgan fingerprint density at radius 3 is 2.62 bits per heavy atom. The second kappa shape index (κ2) is 6.81. The van der Waals surface area contributed by atoms with Crippen molar-refractivity contribution in [1.82, 2.24) is 9.88 Å². The SMILES string of the molecule is CN1C2CCCC1CN(c1ccc(Nc3ccccc3)nc1)CC2. The molecular weight excluding hydrogens is 296 g/mol. The maximum atomic E-state index is 4.62. The van der Waals surface area contributed by atoms with E-state index in [4.69, 9.17) is 0 Å². The Labute approximate surface area is 144 Å². The molecule has 0 amide bonds. The minimum atomic E-state index is 0.688. The van der Waals surface area contributed by atoms with Crippen molar-refractivity contribution in [3.63, 3.8) is 0 Å². The molecule has 4 heteroatoms. The number of anilines is 3. The zero-order valence-electron chi connectivity index (χ0n) is 14.4. The maximum Gasteiger partial charge on any atom is 0.130 e. The average Bonchev–Trinajstić information content (AvgIpc) is 2.71. The molecule has 0 spiro atoms. The number of hydrogen-bond acceptors (Lipinski definition) is 4. The van der Waals surface area contributed by atoms with Crippen LogP contribution >= 0.6 is 0 Å². The fraction of sp³-hybridized carbons (Fsp3) is 0.450. The lowest BCUT2D eigenvalue weighted by Crippen LogP contribution is -2.45. The quantitative estimate of drug-likeness (QED) is 0.929. The minimum absolute atomic E-state index is 0.688. The molecular formula is C20H26N4. The summed E-state index contributed by atoms with van der Waals surface area (Å²) in [4.78, 5) is 9.75. The lowest BCUT2D eigenvalue weighted by molar-refractivity contribution is 0.127. The van der Waals surface area contributed by atoms with Gasteiger partial charge in [0.2, 0.25) is 0 Å². The second-order valence-corrected chi connectivity index (χ2v) is 7.03. The van der Waals surface area contributed by atoms with Gasteiger partial charge in [-0.15, -0.1) is 0 Å². The van der Waals surface area contributed by atoms with Crippen LogP contribution in [0.2, 0.25) is 0 Å². The number of para-hydroxylation sites is 1. The van der Waals surface area contributed by atoms with Crippen LogP contribution < -0.4 is 10.2 Å². The third-order valence-corrected chi connectivity index (χ3v) is 5.55. The molecule has 2 aliphatic heterocycles. The van der Waals surface area contributed by atoms with Gasteiger partial charge in [0.1, 0.15) is 5.82 Å². The normalized spacial score (nSPS) is 24.5. The van der Waals surface area contributed by atoms with Crippen LogP contribution in [0.3, 0.4) is 0 Å². The molecule has 1 N–H and O–H groups in total. The van der Waals surface area contributed by atoms with E-state index in [1.54, 1.807) is 0 Å². The third-order valence-electron chi connectivity index (χ3n) is 5.55. The lowest BCUT2D eigenvalue weighted by atomic mass is 9.96. The molecule has 2 aromatic rings. The first kappa shape index (κ1) is 15.5. The average molecular weight is 322 g/mol. The van der Waals surface area contributed by atoms with Gasteiger partial charge in [-0.3, -0.25) is 4.90 Å². The molecule has 4 nitrogen and oxygen atoms in total. The Morgan fingerprint density at radius 2 is 1.83 bits per heavy atom. The van der Waals surface area contributed by atoms with E-state index in [-0.39, 0.29) is 0 Å². The van der Waals surface area contributed by atoms with Gasteiger partial charge >= 0.3 is 0 Å². The number of aromatic nitrogens is 1. The second-order valence-electron chi connectivity index (χ2n) is 7.03. The van der Waals surface area contributed by atoms with Crippen LogP contribution in [0, 0.1) is 0 Å². The molecule has 2 saturated heterocycles.